The minimum atomic E-state index is -0.209. The maximum Gasteiger partial charge on any atom is 0.251 e. The predicted octanol–water partition coefficient (Wildman–Crippen LogP) is 5.39. The number of carbonyl (C=O) groups is 3. The molecular formula is C35H37N5O5. The predicted molar refractivity (Wildman–Crippen MR) is 168 cm³/mol. The fourth-order valence-corrected chi connectivity index (χ4v) is 5.74. The summed E-state index contributed by atoms with van der Waals surface area (Å²) in [5.74, 6) is 0.694. The Morgan fingerprint density at radius 3 is 2.33 bits per heavy atom. The molecule has 1 saturated carbocycles. The molecule has 0 radical (unpaired) electrons. The topological polar surface area (TPSA) is 136 Å². The Hall–Kier alpha value is -4.99. The number of nitrogens with zero attached hydrogens (tertiary/aromatic N) is 2. The van der Waals surface area contributed by atoms with Crippen molar-refractivity contribution in [3.63, 3.8) is 0 Å². The molecule has 3 aromatic rings. The lowest BCUT2D eigenvalue weighted by atomic mass is 10.1. The number of carbonyl (C=O) groups excluding carboxylic acids is 3. The van der Waals surface area contributed by atoms with Crippen LogP contribution >= 0.6 is 0 Å². The summed E-state index contributed by atoms with van der Waals surface area (Å²) in [6.45, 7) is 1.52. The minimum Gasteiger partial charge on any atom is -0.457 e. The zero-order valence-electron chi connectivity index (χ0n) is 25.1. The van der Waals surface area contributed by atoms with Crippen molar-refractivity contribution < 1.29 is 23.9 Å². The lowest BCUT2D eigenvalue weighted by Gasteiger charge is -2.25. The van der Waals surface area contributed by atoms with Gasteiger partial charge in [0.15, 0.2) is 5.90 Å². The summed E-state index contributed by atoms with van der Waals surface area (Å²) in [6, 6.07) is 21.9. The van der Waals surface area contributed by atoms with Gasteiger partial charge in [-0.25, -0.2) is 0 Å². The van der Waals surface area contributed by atoms with E-state index < -0.39 is 0 Å². The molecule has 2 heterocycles. The third-order valence-corrected chi connectivity index (χ3v) is 8.41. The van der Waals surface area contributed by atoms with Crippen LogP contribution in [0.3, 0.4) is 0 Å². The first-order chi connectivity index (χ1) is 21.8. The van der Waals surface area contributed by atoms with Crippen molar-refractivity contribution in [3.05, 3.63) is 95.1 Å². The van der Waals surface area contributed by atoms with Crippen molar-refractivity contribution in [2.24, 2.45) is 0 Å². The highest BCUT2D eigenvalue weighted by molar-refractivity contribution is 6.00. The van der Waals surface area contributed by atoms with E-state index in [0.717, 1.165) is 30.4 Å². The first-order valence-corrected chi connectivity index (χ1v) is 15.5. The SMILES string of the molecule is N=C(CC1CCC(=O)N1Cc1ccccc1)OC(=N)c1ccc(CN2CCCC2=O)c(Oc2ccc(C(=O)NC3CC3)cc2)c1. The summed E-state index contributed by atoms with van der Waals surface area (Å²) >= 11 is 0. The Kier molecular flexibility index (Phi) is 8.91. The van der Waals surface area contributed by atoms with E-state index in [-0.39, 0.29) is 48.0 Å². The Balaban J connectivity index is 1.14. The highest BCUT2D eigenvalue weighted by atomic mass is 16.5. The van der Waals surface area contributed by atoms with Gasteiger partial charge in [0.05, 0.1) is 0 Å². The van der Waals surface area contributed by atoms with Gasteiger partial charge in [0, 0.05) is 67.7 Å². The molecule has 3 amide bonds. The average molecular weight is 608 g/mol. The molecule has 232 valence electrons. The molecule has 2 aliphatic heterocycles. The van der Waals surface area contributed by atoms with E-state index in [0.29, 0.717) is 61.5 Å². The van der Waals surface area contributed by atoms with E-state index in [2.05, 4.69) is 5.32 Å². The Labute approximate surface area is 262 Å². The highest BCUT2D eigenvalue weighted by Crippen LogP contribution is 2.30. The van der Waals surface area contributed by atoms with Crippen LogP contribution in [0.2, 0.25) is 0 Å². The van der Waals surface area contributed by atoms with Crippen LogP contribution in [0.1, 0.15) is 72.0 Å². The fourth-order valence-electron chi connectivity index (χ4n) is 5.74. The molecule has 1 atom stereocenters. The molecule has 45 heavy (non-hydrogen) atoms. The molecule has 3 aromatic carbocycles. The van der Waals surface area contributed by atoms with Crippen LogP contribution < -0.4 is 10.1 Å². The number of likely N-dealkylation sites (tertiary alicyclic amines) is 2. The maximum absolute atomic E-state index is 12.6. The molecule has 3 fully saturated rings. The van der Waals surface area contributed by atoms with Gasteiger partial charge in [0.25, 0.3) is 5.91 Å². The van der Waals surface area contributed by atoms with Gasteiger partial charge >= 0.3 is 0 Å². The summed E-state index contributed by atoms with van der Waals surface area (Å²) in [5, 5.41) is 20.1. The molecule has 3 N–H and O–H groups in total. The number of nitrogens with one attached hydrogen (secondary N) is 3. The lowest BCUT2D eigenvalue weighted by Crippen LogP contribution is -2.34. The third-order valence-electron chi connectivity index (χ3n) is 8.41. The summed E-state index contributed by atoms with van der Waals surface area (Å²) in [5.41, 5.74) is 2.76. The van der Waals surface area contributed by atoms with Crippen LogP contribution in [0.5, 0.6) is 11.5 Å². The van der Waals surface area contributed by atoms with Crippen LogP contribution in [-0.2, 0) is 27.4 Å². The van der Waals surface area contributed by atoms with Crippen molar-refractivity contribution in [3.8, 4) is 11.5 Å². The molecule has 6 rings (SSSR count). The molecule has 10 nitrogen and oxygen atoms in total. The Morgan fingerprint density at radius 2 is 1.62 bits per heavy atom. The van der Waals surface area contributed by atoms with Gasteiger partial charge in [0.1, 0.15) is 11.5 Å². The van der Waals surface area contributed by atoms with Crippen molar-refractivity contribution in [2.45, 2.75) is 70.1 Å². The molecule has 0 spiro atoms. The Bertz CT molecular complexity index is 1600. The van der Waals surface area contributed by atoms with E-state index >= 15 is 0 Å². The standard InChI is InChI=1S/C35H37N5O5/c36-31(20-28-14-17-33(42)40(28)21-23-5-2-1-3-6-23)45-34(37)25-8-9-26(22-39-18-4-7-32(39)41)30(19-25)44-29-15-10-24(11-16-29)35(43)38-27-12-13-27/h1-3,5-6,8-11,15-16,19,27-28,36-37H,4,7,12-14,17-18,20-22H2,(H,38,43). The third kappa shape index (κ3) is 7.57. The number of hydrogen-bond acceptors (Lipinski definition) is 7. The van der Waals surface area contributed by atoms with Crippen LogP contribution in [0.15, 0.2) is 72.8 Å². The monoisotopic (exact) mass is 607 g/mol. The molecular weight excluding hydrogens is 570 g/mol. The Morgan fingerprint density at radius 1 is 0.867 bits per heavy atom. The van der Waals surface area contributed by atoms with Gasteiger partial charge < -0.3 is 24.6 Å². The normalized spacial score (nSPS) is 17.8. The van der Waals surface area contributed by atoms with Crippen LogP contribution in [0.4, 0.5) is 0 Å². The van der Waals surface area contributed by atoms with Crippen LogP contribution in [0, 0.1) is 10.8 Å². The summed E-state index contributed by atoms with van der Waals surface area (Å²) in [6.07, 6.45) is 4.62. The fraction of sp³-hybridized carbons (Fsp3) is 0.343. The maximum atomic E-state index is 12.6. The summed E-state index contributed by atoms with van der Waals surface area (Å²) in [4.78, 5) is 40.9. The van der Waals surface area contributed by atoms with Gasteiger partial charge in [0.2, 0.25) is 17.7 Å². The second-order valence-electron chi connectivity index (χ2n) is 11.9. The average Bonchev–Trinajstić information content (AvgIpc) is 3.67. The number of benzene rings is 3. The first kappa shape index (κ1) is 30.1. The van der Waals surface area contributed by atoms with E-state index in [1.165, 1.54) is 0 Å². The number of amides is 3. The van der Waals surface area contributed by atoms with Crippen molar-refractivity contribution >= 4 is 29.5 Å². The molecule has 0 bridgehead atoms. The van der Waals surface area contributed by atoms with Crippen molar-refractivity contribution in [1.29, 1.82) is 10.8 Å². The number of rotatable bonds is 11. The van der Waals surface area contributed by atoms with Gasteiger partial charge in [-0.05, 0) is 67.6 Å². The van der Waals surface area contributed by atoms with Gasteiger partial charge in [-0.15, -0.1) is 0 Å². The molecule has 1 unspecified atom stereocenters. The number of hydrogen-bond donors (Lipinski definition) is 3. The molecule has 0 aromatic heterocycles. The molecule has 2 saturated heterocycles. The van der Waals surface area contributed by atoms with E-state index in [1.54, 1.807) is 46.2 Å². The largest absolute Gasteiger partial charge is 0.457 e. The zero-order chi connectivity index (χ0) is 31.3. The van der Waals surface area contributed by atoms with Crippen molar-refractivity contribution in [2.75, 3.05) is 6.54 Å². The minimum absolute atomic E-state index is 0.0529. The first-order valence-electron chi connectivity index (χ1n) is 15.5. The summed E-state index contributed by atoms with van der Waals surface area (Å²) < 4.78 is 11.9. The van der Waals surface area contributed by atoms with Crippen LogP contribution in [-0.4, -0.2) is 57.9 Å². The second-order valence-corrected chi connectivity index (χ2v) is 11.9. The van der Waals surface area contributed by atoms with Gasteiger partial charge in [-0.1, -0.05) is 36.4 Å². The zero-order valence-corrected chi connectivity index (χ0v) is 25.1. The quantitative estimate of drug-likeness (QED) is 0.198. The molecule has 3 aliphatic rings. The van der Waals surface area contributed by atoms with Gasteiger partial charge in [-0.2, -0.15) is 0 Å². The highest BCUT2D eigenvalue weighted by Gasteiger charge is 2.32. The number of ether oxygens (including phenoxy) is 2. The smallest absolute Gasteiger partial charge is 0.251 e. The van der Waals surface area contributed by atoms with E-state index in [4.69, 9.17) is 20.3 Å². The van der Waals surface area contributed by atoms with Gasteiger partial charge in [-0.3, -0.25) is 25.2 Å². The lowest BCUT2D eigenvalue weighted by molar-refractivity contribution is -0.129. The van der Waals surface area contributed by atoms with E-state index in [9.17, 15) is 14.4 Å². The van der Waals surface area contributed by atoms with Crippen LogP contribution in [0.25, 0.3) is 0 Å². The van der Waals surface area contributed by atoms with E-state index in [1.807, 2.05) is 36.4 Å². The second kappa shape index (κ2) is 13.3. The van der Waals surface area contributed by atoms with Crippen molar-refractivity contribution in [1.82, 2.24) is 15.1 Å². The summed E-state index contributed by atoms with van der Waals surface area (Å²) in [7, 11) is 0. The molecule has 10 heteroatoms. The molecule has 1 aliphatic carbocycles.